The van der Waals surface area contributed by atoms with Crippen LogP contribution in [0.3, 0.4) is 0 Å². The molecule has 0 unspecified atom stereocenters. The van der Waals surface area contributed by atoms with Crippen LogP contribution in [0.25, 0.3) is 0 Å². The summed E-state index contributed by atoms with van der Waals surface area (Å²) in [5, 5.41) is 7.60. The van der Waals surface area contributed by atoms with E-state index in [1.165, 1.54) is 0 Å². The van der Waals surface area contributed by atoms with Crippen LogP contribution in [-0.2, 0) is 6.42 Å². The summed E-state index contributed by atoms with van der Waals surface area (Å²) in [6.45, 7) is 7.59. The lowest BCUT2D eigenvalue weighted by Crippen LogP contribution is -2.40. The molecule has 2 N–H and O–H groups in total. The summed E-state index contributed by atoms with van der Waals surface area (Å²) in [4.78, 5) is 25.0. The van der Waals surface area contributed by atoms with E-state index in [1.54, 1.807) is 24.3 Å². The van der Waals surface area contributed by atoms with Crippen LogP contribution in [0.2, 0.25) is 5.02 Å². The zero-order valence-corrected chi connectivity index (χ0v) is 17.2. The molecule has 2 aromatic rings. The molecule has 0 saturated carbocycles. The summed E-state index contributed by atoms with van der Waals surface area (Å²) in [7, 11) is 0. The van der Waals surface area contributed by atoms with Crippen LogP contribution >= 0.6 is 11.6 Å². The van der Waals surface area contributed by atoms with Gasteiger partial charge < -0.3 is 9.73 Å². The second-order valence-electron chi connectivity index (χ2n) is 7.89. The molecule has 28 heavy (non-hydrogen) atoms. The average molecular weight is 402 g/mol. The summed E-state index contributed by atoms with van der Waals surface area (Å²) in [6, 6.07) is 6.80. The molecule has 148 valence electrons. The first kappa shape index (κ1) is 20.1. The van der Waals surface area contributed by atoms with E-state index >= 15 is 0 Å². The van der Waals surface area contributed by atoms with Gasteiger partial charge in [-0.2, -0.15) is 5.10 Å². The minimum atomic E-state index is -0.378. The van der Waals surface area contributed by atoms with Crippen LogP contribution < -0.4 is 10.7 Å². The Morgan fingerprint density at radius 1 is 1.14 bits per heavy atom. The SMILES string of the molecule is Cc1c(C(=O)NC(C)(C)C)oc2c1/C(=N/NC(=O)c1ccccc1Cl)CCC2. The highest BCUT2D eigenvalue weighted by Crippen LogP contribution is 2.30. The fraction of sp³-hybridized carbons (Fsp3) is 0.381. The molecule has 1 aliphatic rings. The van der Waals surface area contributed by atoms with E-state index in [-0.39, 0.29) is 17.4 Å². The number of hydrogen-bond acceptors (Lipinski definition) is 4. The Morgan fingerprint density at radius 2 is 1.86 bits per heavy atom. The van der Waals surface area contributed by atoms with Gasteiger partial charge in [-0.15, -0.1) is 0 Å². The zero-order chi connectivity index (χ0) is 20.5. The first-order valence-electron chi connectivity index (χ1n) is 9.24. The smallest absolute Gasteiger partial charge is 0.287 e. The first-order chi connectivity index (χ1) is 13.2. The van der Waals surface area contributed by atoms with Crippen LogP contribution in [0.5, 0.6) is 0 Å². The number of halogens is 1. The molecule has 0 saturated heterocycles. The molecule has 1 aromatic carbocycles. The van der Waals surface area contributed by atoms with Crippen molar-refractivity contribution < 1.29 is 14.0 Å². The lowest BCUT2D eigenvalue weighted by Gasteiger charge is -2.19. The Balaban J connectivity index is 1.87. The van der Waals surface area contributed by atoms with Crippen molar-refractivity contribution in [3.63, 3.8) is 0 Å². The molecule has 6 nitrogen and oxygen atoms in total. The molecule has 3 rings (SSSR count). The van der Waals surface area contributed by atoms with Crippen molar-refractivity contribution in [1.82, 2.24) is 10.7 Å². The second kappa shape index (κ2) is 7.80. The lowest BCUT2D eigenvalue weighted by atomic mass is 9.93. The van der Waals surface area contributed by atoms with Gasteiger partial charge in [0.15, 0.2) is 5.76 Å². The largest absolute Gasteiger partial charge is 0.455 e. The fourth-order valence-corrected chi connectivity index (χ4v) is 3.44. The van der Waals surface area contributed by atoms with Gasteiger partial charge in [0.05, 0.1) is 16.3 Å². The molecule has 0 bridgehead atoms. The summed E-state index contributed by atoms with van der Waals surface area (Å²) in [6.07, 6.45) is 2.26. The number of carbonyl (C=O) groups excluding carboxylic acids is 2. The number of aryl methyl sites for hydroxylation is 1. The molecular weight excluding hydrogens is 378 g/mol. The third-order valence-corrected chi connectivity index (χ3v) is 4.76. The highest BCUT2D eigenvalue weighted by Gasteiger charge is 2.29. The van der Waals surface area contributed by atoms with Crippen molar-refractivity contribution in [2.75, 3.05) is 0 Å². The first-order valence-corrected chi connectivity index (χ1v) is 9.62. The van der Waals surface area contributed by atoms with Gasteiger partial charge in [-0.25, -0.2) is 5.43 Å². The average Bonchev–Trinajstić information content (AvgIpc) is 2.96. The van der Waals surface area contributed by atoms with Gasteiger partial charge in [0.25, 0.3) is 11.8 Å². The van der Waals surface area contributed by atoms with Crippen molar-refractivity contribution >= 4 is 29.1 Å². The minimum absolute atomic E-state index is 0.251. The predicted octanol–water partition coefficient (Wildman–Crippen LogP) is 4.24. The monoisotopic (exact) mass is 401 g/mol. The topological polar surface area (TPSA) is 83.7 Å². The number of rotatable bonds is 3. The quantitative estimate of drug-likeness (QED) is 0.754. The van der Waals surface area contributed by atoms with E-state index in [2.05, 4.69) is 15.8 Å². The lowest BCUT2D eigenvalue weighted by molar-refractivity contribution is 0.0887. The van der Waals surface area contributed by atoms with Gasteiger partial charge in [0.1, 0.15) is 5.76 Å². The molecular formula is C21H24ClN3O3. The molecule has 7 heteroatoms. The predicted molar refractivity (Wildman–Crippen MR) is 109 cm³/mol. The van der Waals surface area contributed by atoms with Crippen molar-refractivity contribution in [1.29, 1.82) is 0 Å². The summed E-state index contributed by atoms with van der Waals surface area (Å²) in [5.41, 5.74) is 4.83. The molecule has 0 spiro atoms. The van der Waals surface area contributed by atoms with E-state index in [1.807, 2.05) is 27.7 Å². The Kier molecular flexibility index (Phi) is 5.61. The molecule has 0 aliphatic heterocycles. The summed E-state index contributed by atoms with van der Waals surface area (Å²) < 4.78 is 5.86. The van der Waals surface area contributed by atoms with Crippen LogP contribution in [0, 0.1) is 6.92 Å². The van der Waals surface area contributed by atoms with Gasteiger partial charge in [-0.3, -0.25) is 9.59 Å². The summed E-state index contributed by atoms with van der Waals surface area (Å²) >= 11 is 6.07. The minimum Gasteiger partial charge on any atom is -0.455 e. The van der Waals surface area contributed by atoms with E-state index in [4.69, 9.17) is 16.0 Å². The van der Waals surface area contributed by atoms with Crippen LogP contribution in [0.15, 0.2) is 33.8 Å². The molecule has 1 aromatic heterocycles. The fourth-order valence-electron chi connectivity index (χ4n) is 3.22. The van der Waals surface area contributed by atoms with Crippen molar-refractivity contribution in [2.24, 2.45) is 5.10 Å². The zero-order valence-electron chi connectivity index (χ0n) is 16.5. The standard InChI is InChI=1S/C21H24ClN3O3/c1-12-17-15(24-25-19(26)13-8-5-6-9-14(13)22)10-7-11-16(17)28-18(12)20(27)23-21(2,3)4/h5-6,8-9H,7,10-11H2,1-4H3,(H,23,27)(H,25,26)/b24-15+. The number of nitrogens with one attached hydrogen (secondary N) is 2. The summed E-state index contributed by atoms with van der Waals surface area (Å²) in [5.74, 6) is 0.399. The molecule has 1 heterocycles. The number of hydrazone groups is 1. The van der Waals surface area contributed by atoms with Crippen molar-refractivity contribution in [3.8, 4) is 0 Å². The number of fused-ring (bicyclic) bond motifs is 1. The third kappa shape index (κ3) is 4.28. The van der Waals surface area contributed by atoms with E-state index < -0.39 is 0 Å². The van der Waals surface area contributed by atoms with Gasteiger partial charge in [0, 0.05) is 23.1 Å². The number of furan rings is 1. The van der Waals surface area contributed by atoms with Gasteiger partial charge in [-0.1, -0.05) is 23.7 Å². The number of carbonyl (C=O) groups is 2. The molecule has 0 atom stereocenters. The third-order valence-electron chi connectivity index (χ3n) is 4.43. The van der Waals surface area contributed by atoms with E-state index in [0.717, 1.165) is 29.7 Å². The van der Waals surface area contributed by atoms with Crippen LogP contribution in [-0.4, -0.2) is 23.1 Å². The maximum atomic E-state index is 12.6. The van der Waals surface area contributed by atoms with Gasteiger partial charge >= 0.3 is 0 Å². The Hall–Kier alpha value is -2.60. The molecule has 2 amide bonds. The van der Waals surface area contributed by atoms with Gasteiger partial charge in [-0.05, 0) is 52.7 Å². The van der Waals surface area contributed by atoms with Crippen LogP contribution in [0.1, 0.15) is 71.4 Å². The number of amides is 2. The normalized spacial score (nSPS) is 15.2. The maximum Gasteiger partial charge on any atom is 0.287 e. The highest BCUT2D eigenvalue weighted by atomic mass is 35.5. The second-order valence-corrected chi connectivity index (χ2v) is 8.30. The number of benzene rings is 1. The molecule has 1 aliphatic carbocycles. The van der Waals surface area contributed by atoms with Gasteiger partial charge in [0.2, 0.25) is 0 Å². The van der Waals surface area contributed by atoms with E-state index in [9.17, 15) is 9.59 Å². The van der Waals surface area contributed by atoms with Crippen molar-refractivity contribution in [2.45, 2.75) is 52.5 Å². The molecule has 0 fully saturated rings. The molecule has 0 radical (unpaired) electrons. The van der Waals surface area contributed by atoms with Crippen LogP contribution in [0.4, 0.5) is 0 Å². The van der Waals surface area contributed by atoms with E-state index in [0.29, 0.717) is 28.5 Å². The maximum absolute atomic E-state index is 12.6. The Bertz CT molecular complexity index is 954. The Morgan fingerprint density at radius 3 is 2.54 bits per heavy atom. The number of hydrogen-bond donors (Lipinski definition) is 2. The highest BCUT2D eigenvalue weighted by molar-refractivity contribution is 6.33. The number of nitrogens with zero attached hydrogens (tertiary/aromatic N) is 1. The Labute approximate surface area is 169 Å². The van der Waals surface area contributed by atoms with Crippen molar-refractivity contribution in [3.05, 3.63) is 57.5 Å².